The van der Waals surface area contributed by atoms with Crippen molar-refractivity contribution in [2.24, 2.45) is 5.92 Å². The van der Waals surface area contributed by atoms with Crippen LogP contribution in [0.4, 0.5) is 0 Å². The molecule has 2 heteroatoms. The normalized spacial score (nSPS) is 11.5. The van der Waals surface area contributed by atoms with Crippen molar-refractivity contribution in [3.8, 4) is 6.07 Å². The highest BCUT2D eigenvalue weighted by molar-refractivity contribution is 6.30. The summed E-state index contributed by atoms with van der Waals surface area (Å²) in [6.45, 7) is 4.10. The van der Waals surface area contributed by atoms with Crippen molar-refractivity contribution in [2.75, 3.05) is 0 Å². The Morgan fingerprint density at radius 2 is 1.93 bits per heavy atom. The van der Waals surface area contributed by atoms with E-state index < -0.39 is 0 Å². The van der Waals surface area contributed by atoms with Gasteiger partial charge in [0.15, 0.2) is 0 Å². The Morgan fingerprint density at radius 3 is 2.36 bits per heavy atom. The van der Waals surface area contributed by atoms with E-state index in [0.717, 1.165) is 5.56 Å². The Kier molecular flexibility index (Phi) is 3.73. The van der Waals surface area contributed by atoms with Gasteiger partial charge in [0, 0.05) is 5.02 Å². The predicted octanol–water partition coefficient (Wildman–Crippen LogP) is 3.90. The van der Waals surface area contributed by atoms with Crippen LogP contribution in [-0.4, -0.2) is 0 Å². The third-order valence-electron chi connectivity index (χ3n) is 1.78. The fourth-order valence-corrected chi connectivity index (χ4v) is 1.29. The molecule has 0 N–H and O–H groups in total. The highest BCUT2D eigenvalue weighted by Gasteiger charge is 2.00. The molecule has 0 aliphatic rings. The molecule has 0 aromatic heterocycles. The highest BCUT2D eigenvalue weighted by Crippen LogP contribution is 2.18. The van der Waals surface area contributed by atoms with Gasteiger partial charge in [0.1, 0.15) is 0 Å². The van der Waals surface area contributed by atoms with Crippen molar-refractivity contribution in [1.82, 2.24) is 0 Å². The van der Waals surface area contributed by atoms with E-state index in [9.17, 15) is 0 Å². The lowest BCUT2D eigenvalue weighted by atomic mass is 10.0. The number of halogens is 1. The fourth-order valence-electron chi connectivity index (χ4n) is 1.16. The molecule has 0 saturated heterocycles. The van der Waals surface area contributed by atoms with E-state index in [1.807, 2.05) is 32.1 Å². The van der Waals surface area contributed by atoms with Crippen LogP contribution < -0.4 is 0 Å². The van der Waals surface area contributed by atoms with Gasteiger partial charge in [-0.2, -0.15) is 5.26 Å². The van der Waals surface area contributed by atoms with Crippen molar-refractivity contribution >= 4 is 17.2 Å². The van der Waals surface area contributed by atoms with Crippen LogP contribution in [0, 0.1) is 17.2 Å². The molecule has 0 spiro atoms. The van der Waals surface area contributed by atoms with E-state index in [4.69, 9.17) is 16.9 Å². The zero-order valence-corrected chi connectivity index (χ0v) is 9.05. The van der Waals surface area contributed by atoms with Gasteiger partial charge in [0.25, 0.3) is 0 Å². The summed E-state index contributed by atoms with van der Waals surface area (Å²) in [5.41, 5.74) is 1.63. The van der Waals surface area contributed by atoms with Crippen LogP contribution in [-0.2, 0) is 0 Å². The minimum absolute atomic E-state index is 0.375. The van der Waals surface area contributed by atoms with Gasteiger partial charge in [-0.25, -0.2) is 0 Å². The van der Waals surface area contributed by atoms with E-state index in [2.05, 4.69) is 6.07 Å². The average Bonchev–Trinajstić information content (AvgIpc) is 2.15. The molecule has 0 bridgehead atoms. The Balaban J connectivity index is 3.03. The van der Waals surface area contributed by atoms with Crippen molar-refractivity contribution in [3.05, 3.63) is 40.9 Å². The zero-order valence-electron chi connectivity index (χ0n) is 8.29. The first-order valence-corrected chi connectivity index (χ1v) is 4.89. The van der Waals surface area contributed by atoms with Gasteiger partial charge < -0.3 is 0 Å². The first kappa shape index (κ1) is 10.8. The van der Waals surface area contributed by atoms with Gasteiger partial charge in [-0.15, -0.1) is 0 Å². The molecule has 14 heavy (non-hydrogen) atoms. The topological polar surface area (TPSA) is 23.8 Å². The molecule has 1 aromatic carbocycles. The molecule has 0 aliphatic heterocycles. The largest absolute Gasteiger partial charge is 0.192 e. The van der Waals surface area contributed by atoms with E-state index in [-0.39, 0.29) is 0 Å². The Bertz CT molecular complexity index is 368. The summed E-state index contributed by atoms with van der Waals surface area (Å²) in [6, 6.07) is 9.50. The summed E-state index contributed by atoms with van der Waals surface area (Å²) in [7, 11) is 0. The third-order valence-corrected chi connectivity index (χ3v) is 2.03. The fraction of sp³-hybridized carbons (Fsp3) is 0.250. The van der Waals surface area contributed by atoms with Crippen molar-refractivity contribution in [1.29, 1.82) is 5.26 Å². The smallest absolute Gasteiger partial charge is 0.0994 e. The molecular formula is C12H12ClN. The summed E-state index contributed by atoms with van der Waals surface area (Å²) in [5.74, 6) is 0.375. The second-order valence-electron chi connectivity index (χ2n) is 3.44. The number of nitrogens with zero attached hydrogens (tertiary/aromatic N) is 1. The number of hydrogen-bond donors (Lipinski definition) is 0. The van der Waals surface area contributed by atoms with E-state index in [1.54, 1.807) is 12.1 Å². The molecule has 0 aliphatic carbocycles. The molecule has 0 radical (unpaired) electrons. The van der Waals surface area contributed by atoms with Gasteiger partial charge in [-0.05, 0) is 23.6 Å². The van der Waals surface area contributed by atoms with E-state index >= 15 is 0 Å². The highest BCUT2D eigenvalue weighted by atomic mass is 35.5. The lowest BCUT2D eigenvalue weighted by Crippen LogP contribution is -1.85. The minimum atomic E-state index is 0.375. The maximum atomic E-state index is 8.95. The molecule has 0 heterocycles. The maximum absolute atomic E-state index is 8.95. The SMILES string of the molecule is CC(C)/C=C(\C#N)c1ccc(Cl)cc1. The predicted molar refractivity (Wildman–Crippen MR) is 59.9 cm³/mol. The van der Waals surface area contributed by atoms with Crippen molar-refractivity contribution in [2.45, 2.75) is 13.8 Å². The molecule has 72 valence electrons. The van der Waals surface area contributed by atoms with E-state index in [0.29, 0.717) is 16.5 Å². The van der Waals surface area contributed by atoms with Crippen molar-refractivity contribution in [3.63, 3.8) is 0 Å². The molecule has 1 nitrogen and oxygen atoms in total. The molecule has 0 saturated carbocycles. The lowest BCUT2D eigenvalue weighted by Gasteiger charge is -2.01. The number of allylic oxidation sites excluding steroid dienone is 2. The van der Waals surface area contributed by atoms with Crippen LogP contribution in [0.25, 0.3) is 5.57 Å². The first-order valence-electron chi connectivity index (χ1n) is 4.51. The molecule has 0 amide bonds. The summed E-state index contributed by atoms with van der Waals surface area (Å²) in [5, 5.41) is 9.64. The van der Waals surface area contributed by atoms with Gasteiger partial charge in [0.2, 0.25) is 0 Å². The number of hydrogen-bond acceptors (Lipinski definition) is 1. The quantitative estimate of drug-likeness (QED) is 0.672. The number of nitriles is 1. The minimum Gasteiger partial charge on any atom is -0.192 e. The summed E-state index contributed by atoms with van der Waals surface area (Å²) in [6.07, 6.45) is 1.95. The number of benzene rings is 1. The molecule has 0 fully saturated rings. The first-order chi connectivity index (χ1) is 6.63. The molecule has 0 atom stereocenters. The lowest BCUT2D eigenvalue weighted by molar-refractivity contribution is 0.834. The Labute approximate surface area is 89.6 Å². The van der Waals surface area contributed by atoms with Crippen LogP contribution >= 0.6 is 11.6 Å². The third kappa shape index (κ3) is 2.90. The second-order valence-corrected chi connectivity index (χ2v) is 3.88. The van der Waals surface area contributed by atoms with Gasteiger partial charge in [-0.1, -0.05) is 43.7 Å². The zero-order chi connectivity index (χ0) is 10.6. The number of rotatable bonds is 2. The Morgan fingerprint density at radius 1 is 1.36 bits per heavy atom. The van der Waals surface area contributed by atoms with Crippen molar-refractivity contribution < 1.29 is 0 Å². The van der Waals surface area contributed by atoms with Crippen LogP contribution in [0.15, 0.2) is 30.3 Å². The molecule has 0 unspecified atom stereocenters. The summed E-state index contributed by atoms with van der Waals surface area (Å²) >= 11 is 5.76. The molecular weight excluding hydrogens is 194 g/mol. The second kappa shape index (κ2) is 4.83. The van der Waals surface area contributed by atoms with Crippen LogP contribution in [0.2, 0.25) is 5.02 Å². The monoisotopic (exact) mass is 205 g/mol. The molecule has 1 rings (SSSR count). The standard InChI is InChI=1S/C12H12ClN/c1-9(2)7-11(8-14)10-3-5-12(13)6-4-10/h3-7,9H,1-2H3/b11-7+. The summed E-state index contributed by atoms with van der Waals surface area (Å²) < 4.78 is 0. The van der Waals surface area contributed by atoms with Gasteiger partial charge >= 0.3 is 0 Å². The van der Waals surface area contributed by atoms with Crippen LogP contribution in [0.1, 0.15) is 19.4 Å². The van der Waals surface area contributed by atoms with Crippen LogP contribution in [0.3, 0.4) is 0 Å². The Hall–Kier alpha value is -1.26. The summed E-state index contributed by atoms with van der Waals surface area (Å²) in [4.78, 5) is 0. The van der Waals surface area contributed by atoms with E-state index in [1.165, 1.54) is 0 Å². The maximum Gasteiger partial charge on any atom is 0.0994 e. The van der Waals surface area contributed by atoms with Gasteiger partial charge in [-0.3, -0.25) is 0 Å². The molecule has 1 aromatic rings. The van der Waals surface area contributed by atoms with Gasteiger partial charge in [0.05, 0.1) is 11.6 Å². The van der Waals surface area contributed by atoms with Crippen LogP contribution in [0.5, 0.6) is 0 Å². The average molecular weight is 206 g/mol.